The number of hydrogen-bond donors (Lipinski definition) is 1. The second-order valence-electron chi connectivity index (χ2n) is 9.96. The molecule has 4 aromatic rings. The maximum atomic E-state index is 13.3. The van der Waals surface area contributed by atoms with Crippen LogP contribution < -0.4 is 0 Å². The van der Waals surface area contributed by atoms with Crippen LogP contribution in [0, 0.1) is 10.1 Å². The lowest BCUT2D eigenvalue weighted by Crippen LogP contribution is -2.49. The molecule has 0 aliphatic carbocycles. The van der Waals surface area contributed by atoms with Crippen molar-refractivity contribution < 1.29 is 43.4 Å². The van der Waals surface area contributed by atoms with E-state index < -0.39 is 60.0 Å². The quantitative estimate of drug-likeness (QED) is 0.119. The lowest BCUT2D eigenvalue weighted by Gasteiger charge is -2.30. The topological polar surface area (TPSA) is 152 Å². The molecule has 1 saturated heterocycles. The Morgan fingerprint density at radius 3 is 1.75 bits per heavy atom. The number of nitro benzene ring substituents is 1. The molecule has 1 fully saturated rings. The van der Waals surface area contributed by atoms with Crippen molar-refractivity contribution in [3.05, 3.63) is 148 Å². The first kappa shape index (κ1) is 30.1. The number of nitrogens with zero attached hydrogens (tertiary/aromatic N) is 1. The SMILES string of the molecule is O=C(OC[C@H]1O[C@@](O)(Cc2ccccc2[N+](=O)[O-])[C@H](OC(=O)c2ccccc2)[C@@H]1OC(=O)c1ccccc1)c1ccccc1. The summed E-state index contributed by atoms with van der Waals surface area (Å²) >= 11 is 0. The summed E-state index contributed by atoms with van der Waals surface area (Å²) in [7, 11) is 0. The molecule has 0 amide bonds. The van der Waals surface area contributed by atoms with Crippen molar-refractivity contribution in [3.63, 3.8) is 0 Å². The predicted octanol–water partition coefficient (Wildman–Crippen LogP) is 4.53. The summed E-state index contributed by atoms with van der Waals surface area (Å²) in [6.07, 6.45) is -5.05. The summed E-state index contributed by atoms with van der Waals surface area (Å²) in [5.41, 5.74) is 0.290. The van der Waals surface area contributed by atoms with Gasteiger partial charge in [-0.25, -0.2) is 14.4 Å². The Balaban J connectivity index is 1.51. The van der Waals surface area contributed by atoms with Crippen molar-refractivity contribution >= 4 is 23.6 Å². The number of carbonyl (C=O) groups excluding carboxylic acids is 3. The third-order valence-electron chi connectivity index (χ3n) is 6.98. The minimum Gasteiger partial charge on any atom is -0.459 e. The van der Waals surface area contributed by atoms with Crippen LogP contribution in [0.5, 0.6) is 0 Å². The monoisotopic (exact) mass is 597 g/mol. The zero-order valence-electron chi connectivity index (χ0n) is 23.2. The Kier molecular flexibility index (Phi) is 9.08. The van der Waals surface area contributed by atoms with Crippen LogP contribution in [0.1, 0.15) is 36.6 Å². The Morgan fingerprint density at radius 2 is 1.20 bits per heavy atom. The summed E-state index contributed by atoms with van der Waals surface area (Å²) < 4.78 is 23.0. The zero-order valence-corrected chi connectivity index (χ0v) is 23.2. The highest BCUT2D eigenvalue weighted by Crippen LogP contribution is 2.39. The van der Waals surface area contributed by atoms with Gasteiger partial charge in [-0.3, -0.25) is 10.1 Å². The van der Waals surface area contributed by atoms with Crippen LogP contribution in [0.25, 0.3) is 0 Å². The van der Waals surface area contributed by atoms with Gasteiger partial charge in [0.25, 0.3) is 5.69 Å². The minimum absolute atomic E-state index is 0.0656. The van der Waals surface area contributed by atoms with Gasteiger partial charge >= 0.3 is 17.9 Å². The van der Waals surface area contributed by atoms with E-state index in [9.17, 15) is 29.6 Å². The fraction of sp³-hybridized carbons (Fsp3) is 0.182. The van der Waals surface area contributed by atoms with Crippen molar-refractivity contribution in [2.45, 2.75) is 30.5 Å². The first-order valence-corrected chi connectivity index (χ1v) is 13.6. The maximum Gasteiger partial charge on any atom is 0.338 e. The molecule has 4 atom stereocenters. The molecule has 224 valence electrons. The van der Waals surface area contributed by atoms with E-state index in [2.05, 4.69) is 0 Å². The van der Waals surface area contributed by atoms with Crippen molar-refractivity contribution in [2.24, 2.45) is 0 Å². The number of carbonyl (C=O) groups is 3. The standard InChI is InChI=1S/C33H27NO10/c35-30(22-12-4-1-5-13-22)41-21-27-28(42-31(36)23-14-6-2-7-15-23)29(43-32(37)24-16-8-3-9-17-24)33(38,44-27)20-25-18-10-11-19-26(25)34(39)40/h1-19,27-29,38H,20-21H2/t27-,28-,29-,33+/m1/s1. The lowest BCUT2D eigenvalue weighted by atomic mass is 9.96. The average Bonchev–Trinajstić information content (AvgIpc) is 3.30. The van der Waals surface area contributed by atoms with E-state index in [1.165, 1.54) is 48.5 Å². The van der Waals surface area contributed by atoms with Gasteiger partial charge in [0, 0.05) is 18.1 Å². The largest absolute Gasteiger partial charge is 0.459 e. The molecule has 0 radical (unpaired) electrons. The van der Waals surface area contributed by atoms with Gasteiger partial charge in [-0.2, -0.15) is 0 Å². The molecule has 4 aromatic carbocycles. The number of esters is 3. The lowest BCUT2D eigenvalue weighted by molar-refractivity contribution is -0.386. The van der Waals surface area contributed by atoms with Crippen LogP contribution in [-0.4, -0.2) is 58.6 Å². The van der Waals surface area contributed by atoms with Crippen molar-refractivity contribution in [2.75, 3.05) is 6.61 Å². The van der Waals surface area contributed by atoms with E-state index in [0.717, 1.165) is 0 Å². The van der Waals surface area contributed by atoms with Crippen molar-refractivity contribution in [1.82, 2.24) is 0 Å². The van der Waals surface area contributed by atoms with Crippen molar-refractivity contribution in [3.8, 4) is 0 Å². The normalized spacial score (nSPS) is 20.8. The second kappa shape index (κ2) is 13.3. The molecule has 1 aliphatic rings. The Hall–Kier alpha value is -5.39. The Labute approximate surface area is 251 Å². The van der Waals surface area contributed by atoms with Gasteiger partial charge in [0.2, 0.25) is 5.79 Å². The number of ether oxygens (including phenoxy) is 4. The number of hydrogen-bond acceptors (Lipinski definition) is 10. The summed E-state index contributed by atoms with van der Waals surface area (Å²) in [6.45, 7) is -0.515. The Bertz CT molecular complexity index is 1630. The van der Waals surface area contributed by atoms with Gasteiger partial charge in [-0.05, 0) is 36.4 Å². The van der Waals surface area contributed by atoms with E-state index in [4.69, 9.17) is 18.9 Å². The van der Waals surface area contributed by atoms with Crippen LogP contribution >= 0.6 is 0 Å². The van der Waals surface area contributed by atoms with E-state index in [1.807, 2.05) is 0 Å². The summed E-state index contributed by atoms with van der Waals surface area (Å²) in [5.74, 6) is -4.85. The number of nitro groups is 1. The molecule has 1 N–H and O–H groups in total. The van der Waals surface area contributed by atoms with Crippen LogP contribution in [0.4, 0.5) is 5.69 Å². The maximum absolute atomic E-state index is 13.3. The summed E-state index contributed by atoms with van der Waals surface area (Å²) in [6, 6.07) is 29.7. The fourth-order valence-corrected chi connectivity index (χ4v) is 4.87. The highest BCUT2D eigenvalue weighted by molar-refractivity contribution is 5.91. The van der Waals surface area contributed by atoms with E-state index >= 15 is 0 Å². The fourth-order valence-electron chi connectivity index (χ4n) is 4.87. The summed E-state index contributed by atoms with van der Waals surface area (Å²) in [5, 5.41) is 23.7. The third-order valence-corrected chi connectivity index (χ3v) is 6.98. The smallest absolute Gasteiger partial charge is 0.338 e. The highest BCUT2D eigenvalue weighted by atomic mass is 16.7. The summed E-state index contributed by atoms with van der Waals surface area (Å²) in [4.78, 5) is 50.4. The molecule has 1 aliphatic heterocycles. The molecule has 5 rings (SSSR count). The molecule has 0 aromatic heterocycles. The molecule has 0 unspecified atom stereocenters. The zero-order chi connectivity index (χ0) is 31.1. The molecular weight excluding hydrogens is 570 g/mol. The van der Waals surface area contributed by atoms with Crippen LogP contribution in [0.3, 0.4) is 0 Å². The van der Waals surface area contributed by atoms with Crippen LogP contribution in [0.15, 0.2) is 115 Å². The molecule has 11 heteroatoms. The van der Waals surface area contributed by atoms with Gasteiger partial charge in [-0.15, -0.1) is 0 Å². The highest BCUT2D eigenvalue weighted by Gasteiger charge is 2.59. The van der Waals surface area contributed by atoms with Gasteiger partial charge < -0.3 is 24.1 Å². The predicted molar refractivity (Wildman–Crippen MR) is 155 cm³/mol. The number of aliphatic hydroxyl groups is 1. The van der Waals surface area contributed by atoms with Crippen molar-refractivity contribution in [1.29, 1.82) is 0 Å². The van der Waals surface area contributed by atoms with Crippen LogP contribution in [-0.2, 0) is 25.4 Å². The molecule has 0 bridgehead atoms. The average molecular weight is 598 g/mol. The van der Waals surface area contributed by atoms with E-state index in [1.54, 1.807) is 66.7 Å². The molecule has 44 heavy (non-hydrogen) atoms. The van der Waals surface area contributed by atoms with E-state index in [-0.39, 0.29) is 27.9 Å². The number of benzene rings is 4. The number of para-hydroxylation sites is 1. The first-order chi connectivity index (χ1) is 21.2. The second-order valence-corrected chi connectivity index (χ2v) is 9.96. The van der Waals surface area contributed by atoms with Crippen LogP contribution in [0.2, 0.25) is 0 Å². The first-order valence-electron chi connectivity index (χ1n) is 13.6. The molecular formula is C33H27NO10. The number of rotatable bonds is 10. The minimum atomic E-state index is -2.44. The van der Waals surface area contributed by atoms with E-state index in [0.29, 0.717) is 0 Å². The van der Waals surface area contributed by atoms with Gasteiger partial charge in [-0.1, -0.05) is 72.8 Å². The Morgan fingerprint density at radius 1 is 0.727 bits per heavy atom. The third kappa shape index (κ3) is 6.80. The molecule has 1 heterocycles. The molecule has 11 nitrogen and oxygen atoms in total. The van der Waals surface area contributed by atoms with Gasteiger partial charge in [0.15, 0.2) is 12.2 Å². The van der Waals surface area contributed by atoms with Gasteiger partial charge in [0.05, 0.1) is 21.6 Å². The van der Waals surface area contributed by atoms with Gasteiger partial charge in [0.1, 0.15) is 12.7 Å². The molecule has 0 saturated carbocycles. The molecule has 0 spiro atoms.